The van der Waals surface area contributed by atoms with E-state index in [0.717, 1.165) is 43.1 Å². The van der Waals surface area contributed by atoms with Crippen LogP contribution in [0.1, 0.15) is 50.0 Å². The second-order valence-corrected chi connectivity index (χ2v) is 7.53. The lowest BCUT2D eigenvalue weighted by Gasteiger charge is -2.38. The number of amides is 1. The molecule has 2 fully saturated rings. The molecule has 0 bridgehead atoms. The molecule has 3 rings (SSSR count). The van der Waals surface area contributed by atoms with Gasteiger partial charge in [-0.05, 0) is 59.7 Å². The van der Waals surface area contributed by atoms with Crippen molar-refractivity contribution in [3.05, 3.63) is 23.3 Å². The molecule has 1 aromatic heterocycles. The minimum Gasteiger partial charge on any atom is -0.368 e. The molecule has 0 aromatic carbocycles. The fraction of sp³-hybridized carbons (Fsp3) is 0.737. The molecule has 1 aromatic rings. The summed E-state index contributed by atoms with van der Waals surface area (Å²) in [5.74, 6) is 1.20. The largest absolute Gasteiger partial charge is 0.368 e. The van der Waals surface area contributed by atoms with Crippen LogP contribution in [-0.2, 0) is 9.53 Å². The van der Waals surface area contributed by atoms with Crippen LogP contribution in [-0.4, -0.2) is 64.5 Å². The van der Waals surface area contributed by atoms with Gasteiger partial charge < -0.3 is 14.5 Å². The van der Waals surface area contributed by atoms with Crippen molar-refractivity contribution in [2.75, 3.05) is 32.8 Å². The predicted molar refractivity (Wildman–Crippen MR) is 96.2 cm³/mol. The lowest BCUT2D eigenvalue weighted by Crippen LogP contribution is -2.48. The average Bonchev–Trinajstić information content (AvgIpc) is 2.60. The van der Waals surface area contributed by atoms with E-state index in [1.165, 1.54) is 0 Å². The molecule has 0 unspecified atom stereocenters. The summed E-state index contributed by atoms with van der Waals surface area (Å²) in [6.07, 6.45) is 1.78. The number of piperidine rings is 1. The summed E-state index contributed by atoms with van der Waals surface area (Å²) < 4.78 is 5.90. The first-order valence-corrected chi connectivity index (χ1v) is 9.40. The highest BCUT2D eigenvalue weighted by molar-refractivity contribution is 5.79. The van der Waals surface area contributed by atoms with Crippen molar-refractivity contribution < 1.29 is 9.53 Å². The summed E-state index contributed by atoms with van der Waals surface area (Å²) in [5, 5.41) is 0. The van der Waals surface area contributed by atoms with Gasteiger partial charge in [-0.25, -0.2) is 9.97 Å². The van der Waals surface area contributed by atoms with E-state index in [4.69, 9.17) is 4.74 Å². The number of aryl methyl sites for hydroxylation is 2. The van der Waals surface area contributed by atoms with Crippen molar-refractivity contribution in [1.82, 2.24) is 19.8 Å². The molecule has 2 aliphatic rings. The van der Waals surface area contributed by atoms with Crippen molar-refractivity contribution in [3.63, 3.8) is 0 Å². The minimum atomic E-state index is -0.145. The van der Waals surface area contributed by atoms with Gasteiger partial charge in [-0.3, -0.25) is 4.79 Å². The normalized spacial score (nSPS) is 23.2. The van der Waals surface area contributed by atoms with Crippen LogP contribution in [0.3, 0.4) is 0 Å². The van der Waals surface area contributed by atoms with Gasteiger partial charge in [0.15, 0.2) is 0 Å². The lowest BCUT2D eigenvalue weighted by atomic mass is 9.94. The van der Waals surface area contributed by atoms with Gasteiger partial charge in [0.05, 0.1) is 18.8 Å². The Morgan fingerprint density at radius 2 is 1.92 bits per heavy atom. The first kappa shape index (κ1) is 18.3. The van der Waals surface area contributed by atoms with Gasteiger partial charge in [0, 0.05) is 24.2 Å². The number of carbonyl (C=O) groups excluding carboxylic acids is 1. The number of carbonyl (C=O) groups is 1. The Labute approximate surface area is 150 Å². The molecule has 0 spiro atoms. The topological polar surface area (TPSA) is 58.6 Å². The van der Waals surface area contributed by atoms with E-state index in [1.807, 2.05) is 24.8 Å². The highest BCUT2D eigenvalue weighted by Crippen LogP contribution is 2.26. The summed E-state index contributed by atoms with van der Waals surface area (Å²) in [6, 6.07) is 2.53. The summed E-state index contributed by atoms with van der Waals surface area (Å²) in [6.45, 7) is 12.2. The van der Waals surface area contributed by atoms with Crippen LogP contribution in [0.5, 0.6) is 0 Å². The van der Waals surface area contributed by atoms with E-state index in [2.05, 4.69) is 28.7 Å². The quantitative estimate of drug-likeness (QED) is 0.839. The van der Waals surface area contributed by atoms with Crippen LogP contribution in [0, 0.1) is 19.8 Å². The number of morpholine rings is 1. The predicted octanol–water partition coefficient (Wildman–Crippen LogP) is 2.11. The minimum absolute atomic E-state index is 0.145. The SMILES string of the molecule is Cc1cc([C@@H]2CN(C(=O)C3CCN(C(C)C)CC3)CCO2)nc(C)n1. The molecule has 0 saturated carbocycles. The number of ether oxygens (including phenoxy) is 1. The number of rotatable bonds is 3. The standard InChI is InChI=1S/C19H30N4O2/c1-13(2)22-7-5-16(6-8-22)19(24)23-9-10-25-18(12-23)17-11-14(3)20-15(4)21-17/h11,13,16,18H,5-10,12H2,1-4H3/t18-/m0/s1. The maximum atomic E-state index is 13.0. The third kappa shape index (κ3) is 4.36. The highest BCUT2D eigenvalue weighted by Gasteiger charge is 2.33. The fourth-order valence-electron chi connectivity index (χ4n) is 3.86. The molecule has 0 radical (unpaired) electrons. The average molecular weight is 346 g/mol. The number of aromatic nitrogens is 2. The van der Waals surface area contributed by atoms with Crippen LogP contribution in [0.15, 0.2) is 6.07 Å². The van der Waals surface area contributed by atoms with Crippen LogP contribution in [0.4, 0.5) is 0 Å². The molecule has 0 N–H and O–H groups in total. The molecular formula is C19H30N4O2. The Balaban J connectivity index is 1.62. The van der Waals surface area contributed by atoms with Crippen molar-refractivity contribution in [3.8, 4) is 0 Å². The zero-order chi connectivity index (χ0) is 18.0. The van der Waals surface area contributed by atoms with Crippen molar-refractivity contribution in [2.45, 2.75) is 52.7 Å². The van der Waals surface area contributed by atoms with Crippen molar-refractivity contribution >= 4 is 5.91 Å². The highest BCUT2D eigenvalue weighted by atomic mass is 16.5. The van der Waals surface area contributed by atoms with Gasteiger partial charge in [0.25, 0.3) is 0 Å². The van der Waals surface area contributed by atoms with Crippen molar-refractivity contribution in [2.24, 2.45) is 5.92 Å². The monoisotopic (exact) mass is 346 g/mol. The molecule has 6 nitrogen and oxygen atoms in total. The van der Waals surface area contributed by atoms with Crippen LogP contribution < -0.4 is 0 Å². The zero-order valence-electron chi connectivity index (χ0n) is 15.9. The summed E-state index contributed by atoms with van der Waals surface area (Å²) in [7, 11) is 0. The second-order valence-electron chi connectivity index (χ2n) is 7.53. The zero-order valence-corrected chi connectivity index (χ0v) is 15.9. The Morgan fingerprint density at radius 3 is 2.56 bits per heavy atom. The third-order valence-corrected chi connectivity index (χ3v) is 5.30. The van der Waals surface area contributed by atoms with Crippen LogP contribution in [0.25, 0.3) is 0 Å². The van der Waals surface area contributed by atoms with Gasteiger partial charge in [-0.15, -0.1) is 0 Å². The lowest BCUT2D eigenvalue weighted by molar-refractivity contribution is -0.145. The first-order chi connectivity index (χ1) is 11.9. The molecule has 1 amide bonds. The molecular weight excluding hydrogens is 316 g/mol. The molecule has 2 saturated heterocycles. The Bertz CT molecular complexity index is 591. The van der Waals surface area contributed by atoms with E-state index < -0.39 is 0 Å². The smallest absolute Gasteiger partial charge is 0.225 e. The molecule has 3 heterocycles. The number of hydrogen-bond donors (Lipinski definition) is 0. The van der Waals surface area contributed by atoms with Crippen LogP contribution in [0.2, 0.25) is 0 Å². The summed E-state index contributed by atoms with van der Waals surface area (Å²) in [5.41, 5.74) is 1.83. The van der Waals surface area contributed by atoms with E-state index >= 15 is 0 Å². The molecule has 0 aliphatic carbocycles. The summed E-state index contributed by atoms with van der Waals surface area (Å²) >= 11 is 0. The fourth-order valence-corrected chi connectivity index (χ4v) is 3.86. The Hall–Kier alpha value is -1.53. The Kier molecular flexibility index (Phi) is 5.69. The van der Waals surface area contributed by atoms with Gasteiger partial charge in [-0.1, -0.05) is 0 Å². The number of hydrogen-bond acceptors (Lipinski definition) is 5. The van der Waals surface area contributed by atoms with Crippen molar-refractivity contribution in [1.29, 1.82) is 0 Å². The first-order valence-electron chi connectivity index (χ1n) is 9.40. The molecule has 6 heteroatoms. The van der Waals surface area contributed by atoms with Crippen LogP contribution >= 0.6 is 0 Å². The van der Waals surface area contributed by atoms with E-state index in [9.17, 15) is 4.79 Å². The van der Waals surface area contributed by atoms with E-state index in [1.54, 1.807) is 0 Å². The van der Waals surface area contributed by atoms with E-state index in [0.29, 0.717) is 31.6 Å². The Morgan fingerprint density at radius 1 is 1.20 bits per heavy atom. The molecule has 2 aliphatic heterocycles. The van der Waals surface area contributed by atoms with Gasteiger partial charge in [-0.2, -0.15) is 0 Å². The number of nitrogens with zero attached hydrogens (tertiary/aromatic N) is 4. The van der Waals surface area contributed by atoms with E-state index in [-0.39, 0.29) is 12.0 Å². The molecule has 1 atom stereocenters. The number of likely N-dealkylation sites (tertiary alicyclic amines) is 1. The van der Waals surface area contributed by atoms with Gasteiger partial charge in [0.1, 0.15) is 11.9 Å². The summed E-state index contributed by atoms with van der Waals surface area (Å²) in [4.78, 5) is 26.2. The molecule has 25 heavy (non-hydrogen) atoms. The third-order valence-electron chi connectivity index (χ3n) is 5.30. The molecule has 138 valence electrons. The maximum Gasteiger partial charge on any atom is 0.225 e. The maximum absolute atomic E-state index is 13.0. The van der Waals surface area contributed by atoms with Gasteiger partial charge >= 0.3 is 0 Å². The second kappa shape index (κ2) is 7.79. The van der Waals surface area contributed by atoms with Gasteiger partial charge in [0.2, 0.25) is 5.91 Å².